The van der Waals surface area contributed by atoms with Crippen LogP contribution in [0.4, 0.5) is 13.2 Å². The molecule has 2 unspecified atom stereocenters. The van der Waals surface area contributed by atoms with Gasteiger partial charge in [-0.15, -0.1) is 0 Å². The van der Waals surface area contributed by atoms with Gasteiger partial charge in [0.25, 0.3) is 0 Å². The zero-order valence-corrected chi connectivity index (χ0v) is 12.0. The second-order valence-corrected chi connectivity index (χ2v) is 6.89. The Hall–Kier alpha value is -1.12. The van der Waals surface area contributed by atoms with Gasteiger partial charge in [-0.05, 0) is 18.4 Å². The largest absolute Gasteiger partial charge is 0.403 e. The van der Waals surface area contributed by atoms with Gasteiger partial charge in [-0.25, -0.2) is 13.1 Å². The second kappa shape index (κ2) is 6.33. The maximum absolute atomic E-state index is 12.5. The SMILES string of the molecule is O=S(=O)(Cc1ccccc1)NC1CCC(C(F)(F)F)NC1. The Balaban J connectivity index is 1.88. The summed E-state index contributed by atoms with van der Waals surface area (Å²) in [4.78, 5) is 0. The maximum Gasteiger partial charge on any atom is 0.403 e. The van der Waals surface area contributed by atoms with E-state index in [4.69, 9.17) is 0 Å². The molecule has 0 saturated carbocycles. The van der Waals surface area contributed by atoms with E-state index in [1.54, 1.807) is 30.3 Å². The summed E-state index contributed by atoms with van der Waals surface area (Å²) >= 11 is 0. The van der Waals surface area contributed by atoms with E-state index in [1.807, 2.05) is 0 Å². The average molecular weight is 322 g/mol. The molecule has 0 aromatic heterocycles. The molecule has 1 aliphatic heterocycles. The Morgan fingerprint density at radius 3 is 2.38 bits per heavy atom. The minimum atomic E-state index is -4.28. The third-order valence-corrected chi connectivity index (χ3v) is 4.76. The van der Waals surface area contributed by atoms with Gasteiger partial charge in [0, 0.05) is 12.6 Å². The van der Waals surface area contributed by atoms with Crippen LogP contribution in [-0.4, -0.2) is 33.2 Å². The lowest BCUT2D eigenvalue weighted by Gasteiger charge is -2.31. The van der Waals surface area contributed by atoms with Crippen LogP contribution in [0.15, 0.2) is 30.3 Å². The van der Waals surface area contributed by atoms with Crippen molar-refractivity contribution in [2.45, 2.75) is 36.9 Å². The van der Waals surface area contributed by atoms with E-state index in [2.05, 4.69) is 10.0 Å². The molecule has 2 atom stereocenters. The zero-order chi connectivity index (χ0) is 15.5. The average Bonchev–Trinajstić information content (AvgIpc) is 2.38. The number of halogens is 3. The molecule has 8 heteroatoms. The lowest BCUT2D eigenvalue weighted by molar-refractivity contribution is -0.160. The number of hydrogen-bond donors (Lipinski definition) is 2. The Kier molecular flexibility index (Phi) is 4.90. The lowest BCUT2D eigenvalue weighted by Crippen LogP contribution is -2.54. The predicted molar refractivity (Wildman–Crippen MR) is 73.1 cm³/mol. The van der Waals surface area contributed by atoms with Crippen molar-refractivity contribution < 1.29 is 21.6 Å². The standard InChI is InChI=1S/C13H17F3N2O2S/c14-13(15,16)12-7-6-11(8-17-12)18-21(19,20)9-10-4-2-1-3-5-10/h1-5,11-12,17-18H,6-9H2. The van der Waals surface area contributed by atoms with E-state index in [0.717, 1.165) is 0 Å². The molecule has 0 spiro atoms. The molecule has 1 aromatic carbocycles. The van der Waals surface area contributed by atoms with E-state index in [9.17, 15) is 21.6 Å². The van der Waals surface area contributed by atoms with Gasteiger partial charge >= 0.3 is 6.18 Å². The summed E-state index contributed by atoms with van der Waals surface area (Å²) in [5, 5.41) is 2.34. The Morgan fingerprint density at radius 1 is 1.19 bits per heavy atom. The molecular formula is C13H17F3N2O2S. The highest BCUT2D eigenvalue weighted by Crippen LogP contribution is 2.26. The topological polar surface area (TPSA) is 58.2 Å². The first-order valence-electron chi connectivity index (χ1n) is 6.60. The third kappa shape index (κ3) is 4.98. The highest BCUT2D eigenvalue weighted by atomic mass is 32.2. The van der Waals surface area contributed by atoms with Gasteiger partial charge in [-0.1, -0.05) is 30.3 Å². The molecule has 1 heterocycles. The molecule has 4 nitrogen and oxygen atoms in total. The number of rotatable bonds is 4. The van der Waals surface area contributed by atoms with Crippen molar-refractivity contribution in [3.63, 3.8) is 0 Å². The third-order valence-electron chi connectivity index (χ3n) is 3.36. The van der Waals surface area contributed by atoms with Crippen LogP contribution in [0.25, 0.3) is 0 Å². The van der Waals surface area contributed by atoms with Crippen LogP contribution in [0.2, 0.25) is 0 Å². The van der Waals surface area contributed by atoms with Crippen LogP contribution in [0.5, 0.6) is 0 Å². The quantitative estimate of drug-likeness (QED) is 0.888. The van der Waals surface area contributed by atoms with Crippen LogP contribution in [0, 0.1) is 0 Å². The van der Waals surface area contributed by atoms with Gasteiger partial charge in [0.1, 0.15) is 6.04 Å². The second-order valence-electron chi connectivity index (χ2n) is 5.14. The minimum Gasteiger partial charge on any atom is -0.305 e. The van der Waals surface area contributed by atoms with Crippen molar-refractivity contribution in [2.75, 3.05) is 6.54 Å². The number of nitrogens with one attached hydrogen (secondary N) is 2. The molecule has 0 amide bonds. The molecule has 1 fully saturated rings. The van der Waals surface area contributed by atoms with E-state index in [1.165, 1.54) is 0 Å². The summed E-state index contributed by atoms with van der Waals surface area (Å²) < 4.78 is 63.9. The summed E-state index contributed by atoms with van der Waals surface area (Å²) in [6.45, 7) is -0.0157. The normalized spacial score (nSPS) is 24.0. The van der Waals surface area contributed by atoms with Crippen molar-refractivity contribution in [1.82, 2.24) is 10.0 Å². The fourth-order valence-electron chi connectivity index (χ4n) is 2.33. The molecule has 2 N–H and O–H groups in total. The first kappa shape index (κ1) is 16.3. The zero-order valence-electron chi connectivity index (χ0n) is 11.2. The van der Waals surface area contributed by atoms with Crippen molar-refractivity contribution in [3.05, 3.63) is 35.9 Å². The van der Waals surface area contributed by atoms with Gasteiger partial charge in [0.15, 0.2) is 0 Å². The Labute approximate surface area is 121 Å². The monoisotopic (exact) mass is 322 g/mol. The number of piperidine rings is 1. The lowest BCUT2D eigenvalue weighted by atomic mass is 10.0. The summed E-state index contributed by atoms with van der Waals surface area (Å²) in [5.74, 6) is -0.174. The number of sulfonamides is 1. The molecule has 0 bridgehead atoms. The van der Waals surface area contributed by atoms with Gasteiger partial charge in [-0.2, -0.15) is 13.2 Å². The van der Waals surface area contributed by atoms with Gasteiger partial charge < -0.3 is 5.32 Å². The van der Waals surface area contributed by atoms with E-state index in [0.29, 0.717) is 5.56 Å². The van der Waals surface area contributed by atoms with E-state index in [-0.39, 0.29) is 25.1 Å². The first-order chi connectivity index (χ1) is 9.76. The van der Waals surface area contributed by atoms with Crippen molar-refractivity contribution in [1.29, 1.82) is 0 Å². The van der Waals surface area contributed by atoms with Gasteiger partial charge in [-0.3, -0.25) is 0 Å². The predicted octanol–water partition coefficient (Wildman–Crippen LogP) is 1.79. The van der Waals surface area contributed by atoms with Gasteiger partial charge in [0.2, 0.25) is 10.0 Å². The molecule has 1 saturated heterocycles. The molecule has 21 heavy (non-hydrogen) atoms. The Morgan fingerprint density at radius 2 is 1.86 bits per heavy atom. The van der Waals surface area contributed by atoms with E-state index >= 15 is 0 Å². The van der Waals surface area contributed by atoms with Crippen LogP contribution in [0.3, 0.4) is 0 Å². The number of alkyl halides is 3. The maximum atomic E-state index is 12.5. The van der Waals surface area contributed by atoms with Crippen LogP contribution in [-0.2, 0) is 15.8 Å². The van der Waals surface area contributed by atoms with Crippen LogP contribution < -0.4 is 10.0 Å². The first-order valence-corrected chi connectivity index (χ1v) is 8.25. The summed E-state index contributed by atoms with van der Waals surface area (Å²) in [6.07, 6.45) is -4.24. The fraction of sp³-hybridized carbons (Fsp3) is 0.538. The van der Waals surface area contributed by atoms with E-state index < -0.39 is 28.3 Å². The highest BCUT2D eigenvalue weighted by Gasteiger charge is 2.41. The van der Waals surface area contributed by atoms with Crippen molar-refractivity contribution in [2.24, 2.45) is 0 Å². The molecule has 1 aliphatic rings. The molecule has 118 valence electrons. The van der Waals surface area contributed by atoms with Crippen molar-refractivity contribution >= 4 is 10.0 Å². The molecular weight excluding hydrogens is 305 g/mol. The Bertz CT molecular complexity index is 553. The molecule has 0 aliphatic carbocycles. The molecule has 0 radical (unpaired) electrons. The van der Waals surface area contributed by atoms with Crippen LogP contribution >= 0.6 is 0 Å². The number of benzene rings is 1. The molecule has 2 rings (SSSR count). The molecule has 1 aromatic rings. The van der Waals surface area contributed by atoms with Crippen LogP contribution in [0.1, 0.15) is 18.4 Å². The fourth-order valence-corrected chi connectivity index (χ4v) is 3.75. The minimum absolute atomic E-state index is 0.0157. The summed E-state index contributed by atoms with van der Waals surface area (Å²) in [7, 11) is -3.56. The highest BCUT2D eigenvalue weighted by molar-refractivity contribution is 7.88. The van der Waals surface area contributed by atoms with Gasteiger partial charge in [0.05, 0.1) is 5.75 Å². The smallest absolute Gasteiger partial charge is 0.305 e. The van der Waals surface area contributed by atoms with Crippen molar-refractivity contribution in [3.8, 4) is 0 Å². The summed E-state index contributed by atoms with van der Waals surface area (Å²) in [5.41, 5.74) is 0.641. The summed E-state index contributed by atoms with van der Waals surface area (Å²) in [6, 6.07) is 6.59. The number of hydrogen-bond acceptors (Lipinski definition) is 3.